The fourth-order valence-electron chi connectivity index (χ4n) is 5.13. The zero-order valence-corrected chi connectivity index (χ0v) is 15.1. The molecule has 2 aromatic carbocycles. The Balaban J connectivity index is 1.55. The van der Waals surface area contributed by atoms with Crippen molar-refractivity contribution in [3.63, 3.8) is 0 Å². The zero-order chi connectivity index (χ0) is 19.4. The molecule has 0 unspecified atom stereocenters. The number of carbonyl (C=O) groups excluding carboxylic acids is 3. The van der Waals surface area contributed by atoms with Crippen LogP contribution in [0, 0.1) is 17.7 Å². The SMILES string of the molecule is O=C(c1ccccc1)[C@H]1[C@@H]2C(=O)N(c3ccc(F)cc3)C(=O)[C@@H]2[C@H]2CCCN21. The summed E-state index contributed by atoms with van der Waals surface area (Å²) >= 11 is 0. The van der Waals surface area contributed by atoms with Crippen LogP contribution in [0.3, 0.4) is 0 Å². The summed E-state index contributed by atoms with van der Waals surface area (Å²) in [6.07, 6.45) is 1.71. The molecule has 0 bridgehead atoms. The van der Waals surface area contributed by atoms with Gasteiger partial charge in [-0.2, -0.15) is 0 Å². The quantitative estimate of drug-likeness (QED) is 0.609. The van der Waals surface area contributed by atoms with Gasteiger partial charge in [0.2, 0.25) is 11.8 Å². The van der Waals surface area contributed by atoms with Gasteiger partial charge in [0.25, 0.3) is 0 Å². The molecule has 2 aromatic rings. The predicted octanol–water partition coefficient (Wildman–Crippen LogP) is 2.66. The summed E-state index contributed by atoms with van der Waals surface area (Å²) < 4.78 is 13.3. The second-order valence-electron chi connectivity index (χ2n) is 7.66. The van der Waals surface area contributed by atoms with E-state index in [9.17, 15) is 18.8 Å². The largest absolute Gasteiger partial charge is 0.292 e. The van der Waals surface area contributed by atoms with E-state index < -0.39 is 23.7 Å². The Kier molecular flexibility index (Phi) is 3.91. The number of carbonyl (C=O) groups is 3. The van der Waals surface area contributed by atoms with Crippen LogP contribution in [-0.2, 0) is 9.59 Å². The van der Waals surface area contributed by atoms with Gasteiger partial charge >= 0.3 is 0 Å². The topological polar surface area (TPSA) is 57.7 Å². The van der Waals surface area contributed by atoms with Crippen LogP contribution >= 0.6 is 0 Å². The third kappa shape index (κ3) is 2.37. The number of fused-ring (bicyclic) bond motifs is 3. The van der Waals surface area contributed by atoms with Crippen molar-refractivity contribution in [1.82, 2.24) is 4.90 Å². The monoisotopic (exact) mass is 378 g/mol. The van der Waals surface area contributed by atoms with E-state index in [-0.39, 0.29) is 23.6 Å². The van der Waals surface area contributed by atoms with Gasteiger partial charge in [-0.3, -0.25) is 19.3 Å². The van der Waals surface area contributed by atoms with Gasteiger partial charge < -0.3 is 0 Å². The second-order valence-corrected chi connectivity index (χ2v) is 7.66. The molecule has 0 spiro atoms. The molecule has 5 rings (SSSR count). The first-order valence-electron chi connectivity index (χ1n) is 9.56. The molecular weight excluding hydrogens is 359 g/mol. The summed E-state index contributed by atoms with van der Waals surface area (Å²) in [7, 11) is 0. The summed E-state index contributed by atoms with van der Waals surface area (Å²) in [4.78, 5) is 43.0. The zero-order valence-electron chi connectivity index (χ0n) is 15.1. The number of hydrogen-bond acceptors (Lipinski definition) is 4. The Morgan fingerprint density at radius 2 is 1.61 bits per heavy atom. The first-order chi connectivity index (χ1) is 13.6. The number of amides is 2. The standard InChI is InChI=1S/C22H19FN2O3/c23-14-8-10-15(11-9-14)25-21(27)17-16-7-4-12-24(16)19(18(17)22(25)28)20(26)13-5-2-1-3-6-13/h1-3,5-6,8-11,16-19H,4,7,12H2/t16-,17-,18-,19-/m1/s1. The molecular formula is C22H19FN2O3. The van der Waals surface area contributed by atoms with E-state index in [1.54, 1.807) is 24.3 Å². The number of rotatable bonds is 3. The van der Waals surface area contributed by atoms with E-state index in [1.807, 2.05) is 6.07 Å². The molecule has 5 nitrogen and oxygen atoms in total. The minimum Gasteiger partial charge on any atom is -0.292 e. The van der Waals surface area contributed by atoms with E-state index in [0.29, 0.717) is 11.3 Å². The molecule has 142 valence electrons. The van der Waals surface area contributed by atoms with Crippen LogP contribution in [0.2, 0.25) is 0 Å². The van der Waals surface area contributed by atoms with E-state index in [2.05, 4.69) is 4.90 Å². The molecule has 3 heterocycles. The number of imide groups is 1. The summed E-state index contributed by atoms with van der Waals surface area (Å²) in [6, 6.07) is 13.6. The minimum atomic E-state index is -0.685. The molecule has 3 aliphatic heterocycles. The van der Waals surface area contributed by atoms with Crippen molar-refractivity contribution in [3.05, 3.63) is 66.0 Å². The first kappa shape index (κ1) is 17.3. The molecule has 0 aromatic heterocycles. The molecule has 4 atom stereocenters. The van der Waals surface area contributed by atoms with Crippen molar-refractivity contribution in [2.24, 2.45) is 11.8 Å². The Morgan fingerprint density at radius 3 is 2.32 bits per heavy atom. The lowest BCUT2D eigenvalue weighted by Gasteiger charge is -2.27. The van der Waals surface area contributed by atoms with Gasteiger partial charge in [0.05, 0.1) is 23.6 Å². The Morgan fingerprint density at radius 1 is 0.929 bits per heavy atom. The van der Waals surface area contributed by atoms with E-state index in [0.717, 1.165) is 24.3 Å². The molecule has 0 radical (unpaired) electrons. The van der Waals surface area contributed by atoms with Crippen molar-refractivity contribution in [2.75, 3.05) is 11.4 Å². The van der Waals surface area contributed by atoms with Gasteiger partial charge in [-0.25, -0.2) is 9.29 Å². The van der Waals surface area contributed by atoms with Crippen molar-refractivity contribution in [2.45, 2.75) is 24.9 Å². The van der Waals surface area contributed by atoms with Gasteiger partial charge in [-0.15, -0.1) is 0 Å². The molecule has 2 amide bonds. The van der Waals surface area contributed by atoms with Crippen LogP contribution in [0.1, 0.15) is 23.2 Å². The maximum Gasteiger partial charge on any atom is 0.239 e. The highest BCUT2D eigenvalue weighted by Gasteiger charge is 2.64. The Labute approximate surface area is 161 Å². The van der Waals surface area contributed by atoms with E-state index in [4.69, 9.17) is 0 Å². The summed E-state index contributed by atoms with van der Waals surface area (Å²) in [6.45, 7) is 0.720. The fourth-order valence-corrected chi connectivity index (χ4v) is 5.13. The molecule has 28 heavy (non-hydrogen) atoms. The lowest BCUT2D eigenvalue weighted by atomic mass is 9.85. The lowest BCUT2D eigenvalue weighted by molar-refractivity contribution is -0.123. The third-order valence-corrected chi connectivity index (χ3v) is 6.26. The first-order valence-corrected chi connectivity index (χ1v) is 9.56. The summed E-state index contributed by atoms with van der Waals surface area (Å²) in [5.74, 6) is -2.37. The number of Topliss-reactive ketones (excluding diaryl/α,β-unsaturated/α-hetero) is 1. The van der Waals surface area contributed by atoms with Crippen molar-refractivity contribution >= 4 is 23.3 Å². The highest BCUT2D eigenvalue weighted by Crippen LogP contribution is 2.48. The van der Waals surface area contributed by atoms with Gasteiger partial charge in [0.15, 0.2) is 5.78 Å². The molecule has 6 heteroatoms. The van der Waals surface area contributed by atoms with Crippen LogP contribution in [-0.4, -0.2) is 41.1 Å². The Bertz CT molecular complexity index is 960. The highest BCUT2D eigenvalue weighted by atomic mass is 19.1. The average molecular weight is 378 g/mol. The van der Waals surface area contributed by atoms with Crippen LogP contribution in [0.4, 0.5) is 10.1 Å². The van der Waals surface area contributed by atoms with Crippen molar-refractivity contribution < 1.29 is 18.8 Å². The number of benzene rings is 2. The maximum atomic E-state index is 13.3. The van der Waals surface area contributed by atoms with Crippen molar-refractivity contribution in [1.29, 1.82) is 0 Å². The normalized spacial score (nSPS) is 29.2. The van der Waals surface area contributed by atoms with Crippen LogP contribution < -0.4 is 4.90 Å². The number of hydrogen-bond donors (Lipinski definition) is 0. The number of halogens is 1. The van der Waals surface area contributed by atoms with E-state index in [1.165, 1.54) is 24.3 Å². The van der Waals surface area contributed by atoms with Crippen LogP contribution in [0.5, 0.6) is 0 Å². The highest BCUT2D eigenvalue weighted by molar-refractivity contribution is 6.24. The fraction of sp³-hybridized carbons (Fsp3) is 0.318. The minimum absolute atomic E-state index is 0.0930. The summed E-state index contributed by atoms with van der Waals surface area (Å²) in [5, 5.41) is 0. The number of anilines is 1. The molecule has 0 N–H and O–H groups in total. The molecule has 3 aliphatic rings. The van der Waals surface area contributed by atoms with Gasteiger partial charge in [0.1, 0.15) is 5.82 Å². The molecule has 0 aliphatic carbocycles. The average Bonchev–Trinajstić information content (AvgIpc) is 3.35. The third-order valence-electron chi connectivity index (χ3n) is 6.26. The number of ketones is 1. The maximum absolute atomic E-state index is 13.3. The van der Waals surface area contributed by atoms with Crippen molar-refractivity contribution in [3.8, 4) is 0 Å². The molecule has 3 fully saturated rings. The molecule has 3 saturated heterocycles. The van der Waals surface area contributed by atoms with Gasteiger partial charge in [0, 0.05) is 11.6 Å². The second kappa shape index (κ2) is 6.34. The smallest absolute Gasteiger partial charge is 0.239 e. The Hall–Kier alpha value is -2.86. The number of nitrogens with zero attached hydrogens (tertiary/aromatic N) is 2. The molecule has 0 saturated carbocycles. The van der Waals surface area contributed by atoms with Gasteiger partial charge in [-0.1, -0.05) is 30.3 Å². The van der Waals surface area contributed by atoms with Crippen LogP contribution in [0.15, 0.2) is 54.6 Å². The van der Waals surface area contributed by atoms with Crippen LogP contribution in [0.25, 0.3) is 0 Å². The summed E-state index contributed by atoms with van der Waals surface area (Å²) in [5.41, 5.74) is 0.917. The van der Waals surface area contributed by atoms with E-state index >= 15 is 0 Å². The van der Waals surface area contributed by atoms with Gasteiger partial charge in [-0.05, 0) is 43.7 Å². The predicted molar refractivity (Wildman–Crippen MR) is 100 cm³/mol. The lowest BCUT2D eigenvalue weighted by Crippen LogP contribution is -2.46.